The molecule has 0 aliphatic heterocycles. The maximum Gasteiger partial charge on any atom is 0.178 e. The van der Waals surface area contributed by atoms with Crippen molar-refractivity contribution < 1.29 is 9.53 Å². The van der Waals surface area contributed by atoms with Crippen molar-refractivity contribution in [1.29, 1.82) is 0 Å². The Kier molecular flexibility index (Phi) is 14.4. The van der Waals surface area contributed by atoms with Crippen molar-refractivity contribution in [2.75, 3.05) is 6.61 Å². The first kappa shape index (κ1) is 19.0. The Bertz CT molecular complexity index is 294. The molecule has 0 amide bonds. The summed E-state index contributed by atoms with van der Waals surface area (Å²) in [7, 11) is 0. The van der Waals surface area contributed by atoms with Crippen molar-refractivity contribution in [3.63, 3.8) is 0 Å². The number of hydrogen-bond acceptors (Lipinski definition) is 3. The number of hydrogen-bond donors (Lipinski definition) is 0. The molecule has 0 saturated heterocycles. The minimum Gasteiger partial charge on any atom is -0.492 e. The van der Waals surface area contributed by atoms with Gasteiger partial charge in [-0.25, -0.2) is 4.98 Å². The molecule has 0 fully saturated rings. The van der Waals surface area contributed by atoms with Gasteiger partial charge in [0.05, 0.1) is 12.8 Å². The fraction of sp³-hybridized carbons (Fsp3) is 0.600. The van der Waals surface area contributed by atoms with E-state index < -0.39 is 0 Å². The number of ketones is 1. The van der Waals surface area contributed by atoms with Crippen molar-refractivity contribution in [3.05, 3.63) is 24.0 Å². The van der Waals surface area contributed by atoms with Crippen molar-refractivity contribution in [2.45, 2.75) is 54.4 Å². The fourth-order valence-corrected chi connectivity index (χ4v) is 1.01. The van der Waals surface area contributed by atoms with Gasteiger partial charge in [0.25, 0.3) is 0 Å². The molecule has 0 N–H and O–H groups in total. The molecule has 0 atom stereocenters. The Labute approximate surface area is 112 Å². The van der Waals surface area contributed by atoms with E-state index in [-0.39, 0.29) is 5.78 Å². The molecule has 3 heteroatoms. The van der Waals surface area contributed by atoms with Crippen LogP contribution in [0.1, 0.15) is 64.9 Å². The van der Waals surface area contributed by atoms with Crippen molar-refractivity contribution in [1.82, 2.24) is 4.98 Å². The third-order valence-corrected chi connectivity index (χ3v) is 1.86. The van der Waals surface area contributed by atoms with E-state index in [1.54, 1.807) is 18.3 Å². The van der Waals surface area contributed by atoms with E-state index in [1.165, 1.54) is 6.92 Å². The Morgan fingerprint density at radius 1 is 1.22 bits per heavy atom. The summed E-state index contributed by atoms with van der Waals surface area (Å²) in [6.45, 7) is 12.3. The lowest BCUT2D eigenvalue weighted by Crippen LogP contribution is -1.99. The van der Waals surface area contributed by atoms with Gasteiger partial charge >= 0.3 is 0 Å². The quantitative estimate of drug-likeness (QED) is 0.572. The van der Waals surface area contributed by atoms with Crippen LogP contribution in [-0.4, -0.2) is 17.4 Å². The maximum absolute atomic E-state index is 10.9. The first-order valence-corrected chi connectivity index (χ1v) is 6.84. The van der Waals surface area contributed by atoms with Crippen molar-refractivity contribution in [3.8, 4) is 5.75 Å². The first-order chi connectivity index (χ1) is 8.74. The van der Waals surface area contributed by atoms with Crippen LogP contribution in [0.15, 0.2) is 18.3 Å². The lowest BCUT2D eigenvalue weighted by molar-refractivity contribution is 0.101. The van der Waals surface area contributed by atoms with Crippen LogP contribution in [0.4, 0.5) is 0 Å². The second-order valence-corrected chi connectivity index (χ2v) is 3.14. The molecule has 0 bridgehead atoms. The summed E-state index contributed by atoms with van der Waals surface area (Å²) in [5.41, 5.74) is 0.479. The lowest BCUT2D eigenvalue weighted by Gasteiger charge is -2.04. The molecule has 0 radical (unpaired) electrons. The first-order valence-electron chi connectivity index (χ1n) is 6.84. The summed E-state index contributed by atoms with van der Waals surface area (Å²) < 4.78 is 5.41. The van der Waals surface area contributed by atoms with Gasteiger partial charge in [-0.3, -0.25) is 4.79 Å². The van der Waals surface area contributed by atoms with Crippen LogP contribution in [0.2, 0.25) is 0 Å². The maximum atomic E-state index is 10.9. The Balaban J connectivity index is 0. The van der Waals surface area contributed by atoms with Crippen LogP contribution in [-0.2, 0) is 0 Å². The van der Waals surface area contributed by atoms with E-state index in [4.69, 9.17) is 4.74 Å². The standard InChI is InChI=1S/C11H15NO2.2C2H6/c1-3-4-7-14-10-5-6-11(9(2)13)12-8-10;2*1-2/h5-6,8H,3-4,7H2,1-2H3;2*1-2H3. The largest absolute Gasteiger partial charge is 0.492 e. The number of carbonyl (C=O) groups is 1. The monoisotopic (exact) mass is 253 g/mol. The highest BCUT2D eigenvalue weighted by atomic mass is 16.5. The molecule has 1 rings (SSSR count). The second kappa shape index (κ2) is 13.7. The molecule has 1 aromatic heterocycles. The van der Waals surface area contributed by atoms with Gasteiger partial charge in [0.2, 0.25) is 0 Å². The Hall–Kier alpha value is -1.38. The molecule has 0 saturated carbocycles. The van der Waals surface area contributed by atoms with Gasteiger partial charge in [0, 0.05) is 6.92 Å². The zero-order chi connectivity index (χ0) is 14.4. The smallest absolute Gasteiger partial charge is 0.178 e. The molecule has 0 aromatic carbocycles. The van der Waals surface area contributed by atoms with E-state index in [0.29, 0.717) is 12.3 Å². The van der Waals surface area contributed by atoms with Crippen LogP contribution in [0, 0.1) is 0 Å². The van der Waals surface area contributed by atoms with Gasteiger partial charge in [0.15, 0.2) is 5.78 Å². The summed E-state index contributed by atoms with van der Waals surface area (Å²) >= 11 is 0. The predicted molar refractivity (Wildman–Crippen MR) is 77.3 cm³/mol. The summed E-state index contributed by atoms with van der Waals surface area (Å²) in [6.07, 6.45) is 3.74. The predicted octanol–water partition coefficient (Wildman–Crippen LogP) is 4.52. The van der Waals surface area contributed by atoms with Crippen LogP contribution in [0.5, 0.6) is 5.75 Å². The Morgan fingerprint density at radius 2 is 1.83 bits per heavy atom. The van der Waals surface area contributed by atoms with E-state index in [0.717, 1.165) is 18.6 Å². The molecule has 3 nitrogen and oxygen atoms in total. The minimum absolute atomic E-state index is 0.0230. The van der Waals surface area contributed by atoms with Crippen molar-refractivity contribution in [2.24, 2.45) is 0 Å². The van der Waals surface area contributed by atoms with Gasteiger partial charge in [0.1, 0.15) is 11.4 Å². The number of aromatic nitrogens is 1. The minimum atomic E-state index is -0.0230. The third kappa shape index (κ3) is 8.74. The van der Waals surface area contributed by atoms with Crippen LogP contribution in [0.25, 0.3) is 0 Å². The van der Waals surface area contributed by atoms with Gasteiger partial charge in [-0.1, -0.05) is 41.0 Å². The topological polar surface area (TPSA) is 39.2 Å². The van der Waals surface area contributed by atoms with Gasteiger partial charge in [-0.15, -0.1) is 0 Å². The van der Waals surface area contributed by atoms with E-state index in [1.807, 2.05) is 27.7 Å². The summed E-state index contributed by atoms with van der Waals surface area (Å²) in [6, 6.07) is 3.46. The van der Waals surface area contributed by atoms with E-state index in [9.17, 15) is 4.79 Å². The van der Waals surface area contributed by atoms with Crippen LogP contribution < -0.4 is 4.74 Å². The molecular formula is C15H27NO2. The van der Waals surface area contributed by atoms with E-state index >= 15 is 0 Å². The summed E-state index contributed by atoms with van der Waals surface area (Å²) in [5.74, 6) is 0.702. The number of ether oxygens (including phenoxy) is 1. The molecule has 0 spiro atoms. The number of unbranched alkanes of at least 4 members (excludes halogenated alkanes) is 1. The molecule has 1 heterocycles. The molecule has 0 aliphatic rings. The molecule has 1 aromatic rings. The number of pyridine rings is 1. The van der Waals surface area contributed by atoms with Crippen molar-refractivity contribution >= 4 is 5.78 Å². The average molecular weight is 253 g/mol. The molecule has 104 valence electrons. The van der Waals surface area contributed by atoms with E-state index in [2.05, 4.69) is 11.9 Å². The summed E-state index contributed by atoms with van der Waals surface area (Å²) in [4.78, 5) is 14.9. The highest BCUT2D eigenvalue weighted by molar-refractivity contribution is 5.92. The number of Topliss-reactive ketones (excluding diaryl/α,β-unsaturated/α-hetero) is 1. The van der Waals surface area contributed by atoms with Gasteiger partial charge in [-0.2, -0.15) is 0 Å². The zero-order valence-corrected chi connectivity index (χ0v) is 12.6. The Morgan fingerprint density at radius 3 is 2.22 bits per heavy atom. The SMILES string of the molecule is CC.CC.CCCCOc1ccc(C(C)=O)nc1. The molecule has 18 heavy (non-hydrogen) atoms. The normalized spacial score (nSPS) is 8.33. The third-order valence-electron chi connectivity index (χ3n) is 1.86. The molecule has 0 aliphatic carbocycles. The highest BCUT2D eigenvalue weighted by Crippen LogP contribution is 2.09. The molecular weight excluding hydrogens is 226 g/mol. The van der Waals surface area contributed by atoms with Crippen LogP contribution >= 0.6 is 0 Å². The van der Waals surface area contributed by atoms with Crippen LogP contribution in [0.3, 0.4) is 0 Å². The number of carbonyl (C=O) groups excluding carboxylic acids is 1. The number of rotatable bonds is 5. The van der Waals surface area contributed by atoms with Gasteiger partial charge in [-0.05, 0) is 18.6 Å². The summed E-state index contributed by atoms with van der Waals surface area (Å²) in [5, 5.41) is 0. The number of nitrogens with zero attached hydrogens (tertiary/aromatic N) is 1. The lowest BCUT2D eigenvalue weighted by atomic mass is 10.3. The highest BCUT2D eigenvalue weighted by Gasteiger charge is 2.00. The fourth-order valence-electron chi connectivity index (χ4n) is 1.01. The zero-order valence-electron chi connectivity index (χ0n) is 12.6. The van der Waals surface area contributed by atoms with Gasteiger partial charge < -0.3 is 4.74 Å². The second-order valence-electron chi connectivity index (χ2n) is 3.14. The average Bonchev–Trinajstić information content (AvgIpc) is 2.44. The molecule has 0 unspecified atom stereocenters.